The molecule has 0 saturated heterocycles. The Morgan fingerprint density at radius 3 is 3.19 bits per heavy atom. The molecule has 0 aliphatic heterocycles. The zero-order chi connectivity index (χ0) is 14.2. The van der Waals surface area contributed by atoms with E-state index in [9.17, 15) is 4.79 Å². The number of carbonyl (C=O) groups is 1. The molecule has 0 spiro atoms. The Labute approximate surface area is 123 Å². The Morgan fingerprint density at radius 2 is 2.29 bits per heavy atom. The Hall–Kier alpha value is -2.67. The summed E-state index contributed by atoms with van der Waals surface area (Å²) in [6.07, 6.45) is 4.03. The molecule has 3 aromatic heterocycles. The molecule has 0 aliphatic carbocycles. The minimum absolute atomic E-state index is 0.127. The van der Waals surface area contributed by atoms with Crippen LogP contribution in [0.25, 0.3) is 15.9 Å². The number of anilines is 1. The lowest BCUT2D eigenvalue weighted by Crippen LogP contribution is -2.15. The summed E-state index contributed by atoms with van der Waals surface area (Å²) in [5.41, 5.74) is 1.65. The molecule has 21 heavy (non-hydrogen) atoms. The molecule has 0 bridgehead atoms. The van der Waals surface area contributed by atoms with E-state index in [1.54, 1.807) is 11.3 Å². The zero-order valence-electron chi connectivity index (χ0n) is 10.9. The highest BCUT2D eigenvalue weighted by Gasteiger charge is 2.11. The zero-order valence-corrected chi connectivity index (χ0v) is 11.7. The van der Waals surface area contributed by atoms with Crippen LogP contribution in [0.3, 0.4) is 0 Å². The van der Waals surface area contributed by atoms with E-state index in [0.717, 1.165) is 21.6 Å². The van der Waals surface area contributed by atoms with Crippen molar-refractivity contribution in [2.24, 2.45) is 0 Å². The first kappa shape index (κ1) is 12.1. The number of imidazole rings is 1. The molecular weight excluding hydrogens is 286 g/mol. The molecule has 7 heteroatoms. The summed E-state index contributed by atoms with van der Waals surface area (Å²) in [5, 5.41) is 12.7. The van der Waals surface area contributed by atoms with Gasteiger partial charge in [-0.25, -0.2) is 4.98 Å². The number of thiazole rings is 1. The van der Waals surface area contributed by atoms with Crippen LogP contribution in [0.4, 0.5) is 5.82 Å². The summed E-state index contributed by atoms with van der Waals surface area (Å²) in [5.74, 6) is 0.426. The van der Waals surface area contributed by atoms with Crippen LogP contribution in [-0.2, 0) is 11.2 Å². The Morgan fingerprint density at radius 1 is 1.38 bits per heavy atom. The molecule has 1 aromatic carbocycles. The second-order valence-electron chi connectivity index (χ2n) is 4.67. The van der Waals surface area contributed by atoms with Gasteiger partial charge in [-0.1, -0.05) is 12.1 Å². The third-order valence-electron chi connectivity index (χ3n) is 3.21. The van der Waals surface area contributed by atoms with Gasteiger partial charge in [0.1, 0.15) is 0 Å². The average Bonchev–Trinajstić information content (AvgIpc) is 3.14. The van der Waals surface area contributed by atoms with Gasteiger partial charge in [-0.3, -0.25) is 14.3 Å². The number of aromatic nitrogens is 4. The van der Waals surface area contributed by atoms with E-state index >= 15 is 0 Å². The van der Waals surface area contributed by atoms with Crippen molar-refractivity contribution in [1.82, 2.24) is 19.6 Å². The van der Waals surface area contributed by atoms with Gasteiger partial charge in [0.15, 0.2) is 10.8 Å². The molecule has 0 aliphatic rings. The number of carbonyl (C=O) groups excluding carboxylic acids is 1. The van der Waals surface area contributed by atoms with E-state index in [1.165, 1.54) is 0 Å². The van der Waals surface area contributed by atoms with E-state index < -0.39 is 0 Å². The smallest absolute Gasteiger partial charge is 0.231 e. The molecule has 4 aromatic rings. The second-order valence-corrected chi connectivity index (χ2v) is 5.54. The molecule has 6 nitrogen and oxygen atoms in total. The van der Waals surface area contributed by atoms with Gasteiger partial charge in [-0.2, -0.15) is 5.10 Å². The molecule has 2 N–H and O–H groups in total. The van der Waals surface area contributed by atoms with Crippen LogP contribution in [0.5, 0.6) is 0 Å². The molecule has 4 rings (SSSR count). The largest absolute Gasteiger partial charge is 0.308 e. The molecular formula is C14H11N5OS. The fourth-order valence-electron chi connectivity index (χ4n) is 2.26. The minimum atomic E-state index is -0.127. The topological polar surface area (TPSA) is 75.1 Å². The fraction of sp³-hybridized carbons (Fsp3) is 0.0714. The summed E-state index contributed by atoms with van der Waals surface area (Å²) in [6.45, 7) is 0. The molecule has 0 fully saturated rings. The van der Waals surface area contributed by atoms with Gasteiger partial charge in [0.2, 0.25) is 5.91 Å². The van der Waals surface area contributed by atoms with Gasteiger partial charge in [0.25, 0.3) is 0 Å². The molecule has 104 valence electrons. The van der Waals surface area contributed by atoms with E-state index in [0.29, 0.717) is 5.82 Å². The Bertz CT molecular complexity index is 906. The van der Waals surface area contributed by atoms with Crippen molar-refractivity contribution < 1.29 is 4.79 Å². The lowest BCUT2D eigenvalue weighted by molar-refractivity contribution is -0.115. The highest BCUT2D eigenvalue weighted by Crippen LogP contribution is 2.19. The fourth-order valence-corrected chi connectivity index (χ4v) is 2.98. The number of para-hydroxylation sites is 1. The highest BCUT2D eigenvalue weighted by molar-refractivity contribution is 7.15. The number of hydrogen-bond acceptors (Lipinski definition) is 4. The van der Waals surface area contributed by atoms with Crippen LogP contribution in [-0.4, -0.2) is 25.5 Å². The Balaban J connectivity index is 1.54. The number of benzene rings is 1. The quantitative estimate of drug-likeness (QED) is 0.610. The number of nitrogens with zero attached hydrogens (tertiary/aromatic N) is 3. The van der Waals surface area contributed by atoms with Gasteiger partial charge in [0, 0.05) is 23.2 Å². The average molecular weight is 297 g/mol. The molecule has 0 radical (unpaired) electrons. The SMILES string of the molecule is O=C(Cc1cn2ccsc2n1)Nc1n[nH]c2ccccc12. The molecule has 0 saturated carbocycles. The summed E-state index contributed by atoms with van der Waals surface area (Å²) in [4.78, 5) is 17.4. The lowest BCUT2D eigenvalue weighted by atomic mass is 10.2. The van der Waals surface area contributed by atoms with E-state index in [1.807, 2.05) is 46.4 Å². The first-order chi connectivity index (χ1) is 10.3. The van der Waals surface area contributed by atoms with Crippen LogP contribution in [0.2, 0.25) is 0 Å². The minimum Gasteiger partial charge on any atom is -0.308 e. The van der Waals surface area contributed by atoms with Crippen molar-refractivity contribution in [1.29, 1.82) is 0 Å². The number of nitrogens with one attached hydrogen (secondary N) is 2. The third kappa shape index (κ3) is 2.17. The first-order valence-electron chi connectivity index (χ1n) is 6.43. The van der Waals surface area contributed by atoms with Crippen molar-refractivity contribution in [3.63, 3.8) is 0 Å². The number of rotatable bonds is 3. The second kappa shape index (κ2) is 4.71. The monoisotopic (exact) mass is 297 g/mol. The maximum atomic E-state index is 12.1. The maximum absolute atomic E-state index is 12.1. The van der Waals surface area contributed by atoms with Crippen LogP contribution < -0.4 is 5.32 Å². The summed E-state index contributed by atoms with van der Waals surface area (Å²) in [7, 11) is 0. The lowest BCUT2D eigenvalue weighted by Gasteiger charge is -2.00. The van der Waals surface area contributed by atoms with E-state index in [4.69, 9.17) is 0 Å². The first-order valence-corrected chi connectivity index (χ1v) is 7.31. The highest BCUT2D eigenvalue weighted by atomic mass is 32.1. The van der Waals surface area contributed by atoms with Gasteiger partial charge >= 0.3 is 0 Å². The van der Waals surface area contributed by atoms with Crippen molar-refractivity contribution in [2.75, 3.05) is 5.32 Å². The van der Waals surface area contributed by atoms with Crippen molar-refractivity contribution in [3.8, 4) is 0 Å². The number of aromatic amines is 1. The van der Waals surface area contributed by atoms with Gasteiger partial charge in [0.05, 0.1) is 17.6 Å². The molecule has 0 unspecified atom stereocenters. The standard InChI is InChI=1S/C14H11N5OS/c20-12(7-9-8-19-5-6-21-14(19)15-9)16-13-10-3-1-2-4-11(10)17-18-13/h1-6,8H,7H2,(H2,16,17,18,20). The molecule has 0 atom stereocenters. The Kier molecular flexibility index (Phi) is 2.71. The number of hydrogen-bond donors (Lipinski definition) is 2. The normalized spacial score (nSPS) is 11.2. The van der Waals surface area contributed by atoms with Gasteiger partial charge < -0.3 is 5.32 Å². The third-order valence-corrected chi connectivity index (χ3v) is 3.98. The summed E-state index contributed by atoms with van der Waals surface area (Å²) in [6, 6.07) is 7.67. The van der Waals surface area contributed by atoms with Crippen molar-refractivity contribution in [2.45, 2.75) is 6.42 Å². The van der Waals surface area contributed by atoms with Gasteiger partial charge in [-0.05, 0) is 12.1 Å². The van der Waals surface area contributed by atoms with Crippen molar-refractivity contribution >= 4 is 38.9 Å². The predicted octanol–water partition coefficient (Wildman–Crippen LogP) is 2.45. The predicted molar refractivity (Wildman–Crippen MR) is 81.5 cm³/mol. The summed E-state index contributed by atoms with van der Waals surface area (Å²) >= 11 is 1.55. The van der Waals surface area contributed by atoms with Gasteiger partial charge in [-0.15, -0.1) is 11.3 Å². The van der Waals surface area contributed by atoms with Crippen LogP contribution in [0.15, 0.2) is 42.0 Å². The maximum Gasteiger partial charge on any atom is 0.231 e. The van der Waals surface area contributed by atoms with Crippen LogP contribution >= 0.6 is 11.3 Å². The molecule has 1 amide bonds. The number of H-pyrrole nitrogens is 1. The van der Waals surface area contributed by atoms with E-state index in [-0.39, 0.29) is 12.3 Å². The van der Waals surface area contributed by atoms with E-state index in [2.05, 4.69) is 20.5 Å². The van der Waals surface area contributed by atoms with Crippen LogP contribution in [0.1, 0.15) is 5.69 Å². The van der Waals surface area contributed by atoms with Crippen molar-refractivity contribution in [3.05, 3.63) is 47.7 Å². The molecule has 3 heterocycles. The number of amides is 1. The number of fused-ring (bicyclic) bond motifs is 2. The summed E-state index contributed by atoms with van der Waals surface area (Å²) < 4.78 is 1.91. The van der Waals surface area contributed by atoms with Crippen LogP contribution in [0, 0.1) is 0 Å².